The predicted molar refractivity (Wildman–Crippen MR) is 97.6 cm³/mol. The molecule has 6 nitrogen and oxygen atoms in total. The maximum atomic E-state index is 11.4. The molecule has 0 saturated carbocycles. The van der Waals surface area contributed by atoms with Crippen molar-refractivity contribution in [3.05, 3.63) is 77.0 Å². The van der Waals surface area contributed by atoms with Gasteiger partial charge in [0.25, 0.3) is 0 Å². The second kappa shape index (κ2) is 6.16. The van der Waals surface area contributed by atoms with Crippen LogP contribution >= 0.6 is 0 Å². The zero-order chi connectivity index (χ0) is 17.2. The number of rotatable bonds is 4. The Hall–Kier alpha value is -3.54. The number of aromatic amines is 2. The molecule has 2 heterocycles. The van der Waals surface area contributed by atoms with E-state index in [1.807, 2.05) is 36.4 Å². The topological polar surface area (TPSA) is 93.8 Å². The predicted octanol–water partition coefficient (Wildman–Crippen LogP) is 3.24. The lowest BCUT2D eigenvalue weighted by atomic mass is 10.1. The first kappa shape index (κ1) is 15.0. The second-order valence-corrected chi connectivity index (χ2v) is 5.83. The molecule has 0 spiro atoms. The van der Waals surface area contributed by atoms with Crippen molar-refractivity contribution in [1.29, 1.82) is 0 Å². The zero-order valence-electron chi connectivity index (χ0n) is 13.3. The number of pyridine rings is 1. The quantitative estimate of drug-likeness (QED) is 0.461. The fourth-order valence-electron chi connectivity index (χ4n) is 2.78. The van der Waals surface area contributed by atoms with Gasteiger partial charge >= 0.3 is 5.69 Å². The summed E-state index contributed by atoms with van der Waals surface area (Å²) in [5.74, 6) is 0.250. The molecule has 25 heavy (non-hydrogen) atoms. The standard InChI is InChI=1S/C19H16N4O2/c24-16-3-1-2-12(6-16)9-21-15-7-14(10-20-11-15)13-4-5-17-18(8-13)23-19(25)22-17/h1-8,10-11,21,24H,9H2,(H2,22,23,25). The number of phenols is 1. The number of benzene rings is 2. The molecule has 0 bridgehead atoms. The summed E-state index contributed by atoms with van der Waals surface area (Å²) in [6.45, 7) is 0.587. The summed E-state index contributed by atoms with van der Waals surface area (Å²) in [5, 5.41) is 12.8. The van der Waals surface area contributed by atoms with Crippen LogP contribution in [-0.4, -0.2) is 20.1 Å². The molecule has 2 aromatic heterocycles. The van der Waals surface area contributed by atoms with E-state index in [4.69, 9.17) is 0 Å². The van der Waals surface area contributed by atoms with Crippen LogP contribution in [0.5, 0.6) is 5.75 Å². The fourth-order valence-corrected chi connectivity index (χ4v) is 2.78. The average molecular weight is 332 g/mol. The lowest BCUT2D eigenvalue weighted by Gasteiger charge is -2.09. The SMILES string of the molecule is O=c1[nH]c2ccc(-c3cncc(NCc4cccc(O)c4)c3)cc2[nH]1. The summed E-state index contributed by atoms with van der Waals surface area (Å²) in [7, 11) is 0. The lowest BCUT2D eigenvalue weighted by Crippen LogP contribution is -1.99. The first-order chi connectivity index (χ1) is 12.2. The van der Waals surface area contributed by atoms with E-state index in [0.717, 1.165) is 33.4 Å². The van der Waals surface area contributed by atoms with Crippen LogP contribution in [0.25, 0.3) is 22.2 Å². The number of nitrogens with one attached hydrogen (secondary N) is 3. The second-order valence-electron chi connectivity index (χ2n) is 5.83. The third-order valence-corrected chi connectivity index (χ3v) is 3.99. The van der Waals surface area contributed by atoms with Gasteiger partial charge in [0.15, 0.2) is 0 Å². The van der Waals surface area contributed by atoms with E-state index in [9.17, 15) is 9.90 Å². The molecule has 0 unspecified atom stereocenters. The third kappa shape index (κ3) is 3.23. The van der Waals surface area contributed by atoms with Crippen LogP contribution in [-0.2, 0) is 6.54 Å². The Balaban J connectivity index is 1.58. The molecular formula is C19H16N4O2. The van der Waals surface area contributed by atoms with E-state index in [2.05, 4.69) is 20.3 Å². The van der Waals surface area contributed by atoms with E-state index in [1.165, 1.54) is 0 Å². The first-order valence-electron chi connectivity index (χ1n) is 7.87. The van der Waals surface area contributed by atoms with Crippen LogP contribution in [0.4, 0.5) is 5.69 Å². The molecule has 6 heteroatoms. The lowest BCUT2D eigenvalue weighted by molar-refractivity contribution is 0.474. The summed E-state index contributed by atoms with van der Waals surface area (Å²) in [5.41, 5.74) is 5.11. The number of anilines is 1. The van der Waals surface area contributed by atoms with E-state index in [-0.39, 0.29) is 11.4 Å². The summed E-state index contributed by atoms with van der Waals surface area (Å²) >= 11 is 0. The van der Waals surface area contributed by atoms with Crippen molar-refractivity contribution in [2.75, 3.05) is 5.32 Å². The number of aromatic hydroxyl groups is 1. The number of imidazole rings is 1. The van der Waals surface area contributed by atoms with Crippen molar-refractivity contribution < 1.29 is 5.11 Å². The molecular weight excluding hydrogens is 316 g/mol. The zero-order valence-corrected chi connectivity index (χ0v) is 13.3. The smallest absolute Gasteiger partial charge is 0.323 e. The van der Waals surface area contributed by atoms with Crippen molar-refractivity contribution in [3.8, 4) is 16.9 Å². The Morgan fingerprint density at radius 2 is 1.84 bits per heavy atom. The molecule has 0 fully saturated rings. The number of aromatic nitrogens is 3. The fraction of sp³-hybridized carbons (Fsp3) is 0.0526. The van der Waals surface area contributed by atoms with Gasteiger partial charge in [-0.25, -0.2) is 4.79 Å². The van der Waals surface area contributed by atoms with Gasteiger partial charge in [-0.3, -0.25) is 4.98 Å². The average Bonchev–Trinajstić information content (AvgIpc) is 2.99. The molecule has 4 N–H and O–H groups in total. The van der Waals surface area contributed by atoms with E-state index >= 15 is 0 Å². The van der Waals surface area contributed by atoms with Crippen LogP contribution < -0.4 is 11.0 Å². The van der Waals surface area contributed by atoms with Crippen LogP contribution in [0.1, 0.15) is 5.56 Å². The highest BCUT2D eigenvalue weighted by Crippen LogP contribution is 2.24. The molecule has 0 radical (unpaired) electrons. The maximum Gasteiger partial charge on any atom is 0.323 e. The normalized spacial score (nSPS) is 10.9. The van der Waals surface area contributed by atoms with Crippen molar-refractivity contribution in [2.24, 2.45) is 0 Å². The third-order valence-electron chi connectivity index (χ3n) is 3.99. The monoisotopic (exact) mass is 332 g/mol. The molecule has 0 saturated heterocycles. The molecule has 0 aliphatic heterocycles. The molecule has 0 aliphatic rings. The van der Waals surface area contributed by atoms with Crippen molar-refractivity contribution in [2.45, 2.75) is 6.54 Å². The molecule has 4 rings (SSSR count). The van der Waals surface area contributed by atoms with Gasteiger partial charge in [0.1, 0.15) is 5.75 Å². The Morgan fingerprint density at radius 3 is 2.72 bits per heavy atom. The molecule has 0 amide bonds. The molecule has 4 aromatic rings. The van der Waals surface area contributed by atoms with Gasteiger partial charge < -0.3 is 20.4 Å². The highest BCUT2D eigenvalue weighted by atomic mass is 16.3. The highest BCUT2D eigenvalue weighted by Gasteiger charge is 2.04. The van der Waals surface area contributed by atoms with Crippen LogP contribution in [0.3, 0.4) is 0 Å². The van der Waals surface area contributed by atoms with Crippen LogP contribution in [0, 0.1) is 0 Å². The van der Waals surface area contributed by atoms with Gasteiger partial charge in [0, 0.05) is 24.5 Å². The van der Waals surface area contributed by atoms with Gasteiger partial charge in [-0.05, 0) is 41.5 Å². The van der Waals surface area contributed by atoms with Crippen molar-refractivity contribution in [1.82, 2.24) is 15.0 Å². The number of nitrogens with zero attached hydrogens (tertiary/aromatic N) is 1. The van der Waals surface area contributed by atoms with E-state index in [1.54, 1.807) is 24.5 Å². The molecule has 0 aliphatic carbocycles. The minimum absolute atomic E-state index is 0.216. The maximum absolute atomic E-state index is 11.4. The number of H-pyrrole nitrogens is 2. The Kier molecular flexibility index (Phi) is 3.70. The number of hydrogen-bond acceptors (Lipinski definition) is 4. The van der Waals surface area contributed by atoms with Gasteiger partial charge in [-0.2, -0.15) is 0 Å². The summed E-state index contributed by atoms with van der Waals surface area (Å²) in [4.78, 5) is 21.2. The Morgan fingerprint density at radius 1 is 0.960 bits per heavy atom. The number of phenolic OH excluding ortho intramolecular Hbond substituents is 1. The number of fused-ring (bicyclic) bond motifs is 1. The summed E-state index contributed by atoms with van der Waals surface area (Å²) in [6, 6.07) is 14.9. The van der Waals surface area contributed by atoms with Gasteiger partial charge in [0.2, 0.25) is 0 Å². The van der Waals surface area contributed by atoms with Gasteiger partial charge in [0.05, 0.1) is 16.7 Å². The van der Waals surface area contributed by atoms with Gasteiger partial charge in [-0.15, -0.1) is 0 Å². The summed E-state index contributed by atoms with van der Waals surface area (Å²) in [6.07, 6.45) is 3.54. The molecule has 0 atom stereocenters. The van der Waals surface area contributed by atoms with Crippen LogP contribution in [0.15, 0.2) is 65.7 Å². The van der Waals surface area contributed by atoms with E-state index in [0.29, 0.717) is 6.54 Å². The first-order valence-corrected chi connectivity index (χ1v) is 7.87. The number of hydrogen-bond donors (Lipinski definition) is 4. The largest absolute Gasteiger partial charge is 0.508 e. The molecule has 2 aromatic carbocycles. The Bertz CT molecular complexity index is 1100. The summed E-state index contributed by atoms with van der Waals surface area (Å²) < 4.78 is 0. The van der Waals surface area contributed by atoms with Gasteiger partial charge in [-0.1, -0.05) is 18.2 Å². The van der Waals surface area contributed by atoms with E-state index < -0.39 is 0 Å². The molecule has 124 valence electrons. The van der Waals surface area contributed by atoms with Crippen LogP contribution in [0.2, 0.25) is 0 Å². The van der Waals surface area contributed by atoms with Crippen molar-refractivity contribution >= 4 is 16.7 Å². The Labute approximate surface area is 143 Å². The minimum Gasteiger partial charge on any atom is -0.508 e. The highest BCUT2D eigenvalue weighted by molar-refractivity contribution is 5.81. The van der Waals surface area contributed by atoms with Crippen molar-refractivity contribution in [3.63, 3.8) is 0 Å². The minimum atomic E-state index is -0.216.